The van der Waals surface area contributed by atoms with Crippen molar-refractivity contribution < 1.29 is 32.7 Å². The van der Waals surface area contributed by atoms with Crippen molar-refractivity contribution in [3.8, 4) is 5.75 Å². The molecule has 184 valence electrons. The van der Waals surface area contributed by atoms with Gasteiger partial charge in [-0.15, -0.1) is 0 Å². The largest absolute Gasteiger partial charge is 0.502 e. The number of aromatic nitrogens is 3. The van der Waals surface area contributed by atoms with Crippen LogP contribution < -0.4 is 10.4 Å². The van der Waals surface area contributed by atoms with Crippen molar-refractivity contribution in [2.45, 2.75) is 19.4 Å². The number of ether oxygens (including phenoxy) is 1. The number of amides is 1. The van der Waals surface area contributed by atoms with Crippen LogP contribution in [0.3, 0.4) is 0 Å². The molecule has 1 aromatic carbocycles. The fourth-order valence-corrected chi connectivity index (χ4v) is 3.72. The van der Waals surface area contributed by atoms with Crippen molar-refractivity contribution >= 4 is 11.7 Å². The zero-order valence-corrected chi connectivity index (χ0v) is 18.6. The second kappa shape index (κ2) is 10.0. The third-order valence-electron chi connectivity index (χ3n) is 5.53. The number of Topliss-reactive ketones (excluding diaryl/α,β-unsaturated/α-hetero) is 1. The Morgan fingerprint density at radius 1 is 1.29 bits per heavy atom. The van der Waals surface area contributed by atoms with E-state index in [2.05, 4.69) is 10.1 Å². The number of hydrogen-bond acceptors (Lipinski definition) is 9. The maximum absolute atomic E-state index is 13.9. The molecule has 0 atom stereocenters. The van der Waals surface area contributed by atoms with Gasteiger partial charge in [-0.1, -0.05) is 11.2 Å². The molecule has 1 amide bonds. The van der Waals surface area contributed by atoms with E-state index in [1.54, 1.807) is 0 Å². The van der Waals surface area contributed by atoms with Gasteiger partial charge in [-0.3, -0.25) is 24.1 Å². The van der Waals surface area contributed by atoms with Gasteiger partial charge >= 0.3 is 0 Å². The Kier molecular flexibility index (Phi) is 6.87. The van der Waals surface area contributed by atoms with Crippen LogP contribution in [0.5, 0.6) is 5.75 Å². The zero-order valence-electron chi connectivity index (χ0n) is 18.6. The first-order valence-electron chi connectivity index (χ1n) is 10.5. The maximum atomic E-state index is 13.9. The fraction of sp³-hybridized carbons (Fsp3) is 0.318. The highest BCUT2D eigenvalue weighted by Crippen LogP contribution is 2.23. The maximum Gasteiger partial charge on any atom is 0.277 e. The summed E-state index contributed by atoms with van der Waals surface area (Å²) in [5, 5.41) is 15.9. The number of halogens is 2. The predicted molar refractivity (Wildman–Crippen MR) is 115 cm³/mol. The smallest absolute Gasteiger partial charge is 0.277 e. The standard InChI is InChI=1S/C22H21F2N5O6/c1-34-7-6-27-12-28(10-18-25-11-35-26-18)29-9-15(20(31)21(32)19(29)22(27)33)17(30)5-3-13-2-4-14(23)8-16(13)24/h2,4,8-9,11,32H,3,5-7,10,12H2,1H3. The third kappa shape index (κ3) is 4.89. The molecule has 2 aromatic heterocycles. The summed E-state index contributed by atoms with van der Waals surface area (Å²) in [5.41, 5.74) is -1.64. The van der Waals surface area contributed by atoms with E-state index in [1.165, 1.54) is 27.8 Å². The summed E-state index contributed by atoms with van der Waals surface area (Å²) < 4.78 is 38.1. The van der Waals surface area contributed by atoms with Crippen molar-refractivity contribution in [3.63, 3.8) is 0 Å². The molecule has 0 radical (unpaired) electrons. The SMILES string of the molecule is COCCN1CN(Cc2ncon2)n2cc(C(=O)CCc3ccc(F)cc3F)c(=O)c(O)c2C1=O. The van der Waals surface area contributed by atoms with Crippen LogP contribution in [-0.2, 0) is 17.7 Å². The lowest BCUT2D eigenvalue weighted by atomic mass is 10.0. The highest BCUT2D eigenvalue weighted by atomic mass is 19.1. The predicted octanol–water partition coefficient (Wildman–Crippen LogP) is 1.23. The van der Waals surface area contributed by atoms with Gasteiger partial charge in [0.05, 0.1) is 12.2 Å². The molecule has 0 spiro atoms. The number of methoxy groups -OCH3 is 1. The lowest BCUT2D eigenvalue weighted by Crippen LogP contribution is -2.54. The average Bonchev–Trinajstić information content (AvgIpc) is 3.34. The van der Waals surface area contributed by atoms with Gasteiger partial charge in [-0.25, -0.2) is 8.78 Å². The Hall–Kier alpha value is -4.13. The molecule has 1 aliphatic rings. The van der Waals surface area contributed by atoms with E-state index in [0.717, 1.165) is 18.7 Å². The summed E-state index contributed by atoms with van der Waals surface area (Å²) in [5.74, 6) is -3.51. The topological polar surface area (TPSA) is 131 Å². The first-order chi connectivity index (χ1) is 16.8. The summed E-state index contributed by atoms with van der Waals surface area (Å²) in [6.07, 6.45) is 1.91. The number of hydrogen-bond donors (Lipinski definition) is 1. The summed E-state index contributed by atoms with van der Waals surface area (Å²) in [4.78, 5) is 44.0. The minimum Gasteiger partial charge on any atom is -0.502 e. The van der Waals surface area contributed by atoms with E-state index in [0.29, 0.717) is 6.07 Å². The number of pyridine rings is 1. The van der Waals surface area contributed by atoms with Crippen molar-refractivity contribution in [3.05, 3.63) is 75.3 Å². The van der Waals surface area contributed by atoms with E-state index in [9.17, 15) is 28.3 Å². The van der Waals surface area contributed by atoms with Crippen molar-refractivity contribution in [2.24, 2.45) is 0 Å². The van der Waals surface area contributed by atoms with Crippen LogP contribution >= 0.6 is 0 Å². The molecule has 13 heteroatoms. The normalized spacial score (nSPS) is 13.3. The second-order valence-electron chi connectivity index (χ2n) is 7.79. The molecule has 0 bridgehead atoms. The molecule has 3 heterocycles. The number of aryl methyl sites for hydroxylation is 1. The van der Waals surface area contributed by atoms with E-state index >= 15 is 0 Å². The lowest BCUT2D eigenvalue weighted by molar-refractivity contribution is 0.0618. The van der Waals surface area contributed by atoms with Gasteiger partial charge in [0, 0.05) is 32.3 Å². The molecule has 1 aliphatic heterocycles. The van der Waals surface area contributed by atoms with Crippen LogP contribution in [0.25, 0.3) is 0 Å². The van der Waals surface area contributed by atoms with Crippen LogP contribution in [0.4, 0.5) is 8.78 Å². The van der Waals surface area contributed by atoms with Crippen LogP contribution in [0, 0.1) is 11.6 Å². The second-order valence-corrected chi connectivity index (χ2v) is 7.79. The van der Waals surface area contributed by atoms with Gasteiger partial charge in [0.15, 0.2) is 23.1 Å². The summed E-state index contributed by atoms with van der Waals surface area (Å²) >= 11 is 0. The molecule has 11 nitrogen and oxygen atoms in total. The number of carbonyl (C=O) groups is 2. The molecule has 1 N–H and O–H groups in total. The highest BCUT2D eigenvalue weighted by molar-refractivity contribution is 6.00. The van der Waals surface area contributed by atoms with Gasteiger partial charge in [-0.2, -0.15) is 4.98 Å². The quantitative estimate of drug-likeness (QED) is 0.441. The molecule has 35 heavy (non-hydrogen) atoms. The molecular weight excluding hydrogens is 468 g/mol. The minimum atomic E-state index is -1.03. The van der Waals surface area contributed by atoms with Crippen molar-refractivity contribution in [2.75, 3.05) is 31.9 Å². The van der Waals surface area contributed by atoms with E-state index in [-0.39, 0.29) is 61.9 Å². The van der Waals surface area contributed by atoms with Gasteiger partial charge < -0.3 is 19.3 Å². The third-order valence-corrected chi connectivity index (χ3v) is 5.53. The van der Waals surface area contributed by atoms with Crippen LogP contribution in [0.2, 0.25) is 0 Å². The fourth-order valence-electron chi connectivity index (χ4n) is 3.72. The van der Waals surface area contributed by atoms with Crippen LogP contribution in [-0.4, -0.2) is 63.4 Å². The summed E-state index contributed by atoms with van der Waals surface area (Å²) in [6.45, 7) is 0.427. The number of rotatable bonds is 9. The molecule has 0 unspecified atom stereocenters. The van der Waals surface area contributed by atoms with Gasteiger partial charge in [-0.05, 0) is 18.1 Å². The van der Waals surface area contributed by atoms with E-state index in [4.69, 9.17) is 9.26 Å². The van der Waals surface area contributed by atoms with Crippen molar-refractivity contribution in [1.82, 2.24) is 19.7 Å². The molecule has 4 rings (SSSR count). The van der Waals surface area contributed by atoms with Crippen LogP contribution in [0.1, 0.15) is 38.7 Å². The monoisotopic (exact) mass is 489 g/mol. The van der Waals surface area contributed by atoms with Crippen LogP contribution in [0.15, 0.2) is 40.1 Å². The minimum absolute atomic E-state index is 0.0144. The highest BCUT2D eigenvalue weighted by Gasteiger charge is 2.34. The molecule has 3 aromatic rings. The molecule has 0 aliphatic carbocycles. The Morgan fingerprint density at radius 3 is 2.77 bits per heavy atom. The number of nitrogens with zero attached hydrogens (tertiary/aromatic N) is 5. The Morgan fingerprint density at radius 2 is 2.09 bits per heavy atom. The zero-order chi connectivity index (χ0) is 25.1. The molecule has 0 fully saturated rings. The Balaban J connectivity index is 1.68. The average molecular weight is 489 g/mol. The molecule has 0 saturated heterocycles. The first-order valence-corrected chi connectivity index (χ1v) is 10.5. The summed E-state index contributed by atoms with van der Waals surface area (Å²) in [6, 6.07) is 2.99. The van der Waals surface area contributed by atoms with E-state index in [1.807, 2.05) is 0 Å². The first kappa shape index (κ1) is 24.0. The number of carbonyl (C=O) groups excluding carboxylic acids is 2. The van der Waals surface area contributed by atoms with E-state index < -0.39 is 34.5 Å². The van der Waals surface area contributed by atoms with Crippen molar-refractivity contribution in [1.29, 1.82) is 0 Å². The van der Waals surface area contributed by atoms with Gasteiger partial charge in [0.2, 0.25) is 11.8 Å². The Labute approximate surface area is 197 Å². The van der Waals surface area contributed by atoms with Gasteiger partial charge in [0.1, 0.15) is 24.8 Å². The number of aromatic hydroxyl groups is 1. The molecule has 0 saturated carbocycles. The molecular formula is C22H21F2N5O6. The lowest BCUT2D eigenvalue weighted by Gasteiger charge is -2.39. The van der Waals surface area contributed by atoms with Gasteiger partial charge in [0.25, 0.3) is 5.91 Å². The Bertz CT molecular complexity index is 1310. The number of benzene rings is 1. The number of ketones is 1. The summed E-state index contributed by atoms with van der Waals surface area (Å²) in [7, 11) is 1.47. The number of fused-ring (bicyclic) bond motifs is 1.